The molecule has 0 radical (unpaired) electrons. The van der Waals surface area contributed by atoms with E-state index >= 15 is 0 Å². The molecule has 5 nitrogen and oxygen atoms in total. The quantitative estimate of drug-likeness (QED) is 0.417. The van der Waals surface area contributed by atoms with Crippen molar-refractivity contribution in [1.29, 1.82) is 0 Å². The summed E-state index contributed by atoms with van der Waals surface area (Å²) in [5.74, 6) is 0.610. The van der Waals surface area contributed by atoms with Crippen LogP contribution in [0.3, 0.4) is 0 Å². The number of sulfonamides is 1. The number of fused-ring (bicyclic) bond motifs is 1. The molecule has 30 heavy (non-hydrogen) atoms. The molecule has 0 saturated carbocycles. The zero-order valence-electron chi connectivity index (χ0n) is 16.1. The first-order valence-corrected chi connectivity index (χ1v) is 11.6. The fraction of sp³-hybridized carbons (Fsp3) is 0.136. The summed E-state index contributed by atoms with van der Waals surface area (Å²) in [5, 5.41) is 1.04. The molecule has 0 spiro atoms. The van der Waals surface area contributed by atoms with Crippen LogP contribution in [0, 0.1) is 0 Å². The highest BCUT2D eigenvalue weighted by molar-refractivity contribution is 7.89. The number of para-hydroxylation sites is 2. The second kappa shape index (κ2) is 8.40. The number of benzene rings is 3. The Hall–Kier alpha value is -2.38. The Morgan fingerprint density at radius 2 is 1.53 bits per heavy atom. The van der Waals surface area contributed by atoms with Crippen LogP contribution >= 0.6 is 23.2 Å². The van der Waals surface area contributed by atoms with Crippen molar-refractivity contribution < 1.29 is 8.42 Å². The normalized spacial score (nSPS) is 12.9. The fourth-order valence-electron chi connectivity index (χ4n) is 3.41. The van der Waals surface area contributed by atoms with Crippen molar-refractivity contribution >= 4 is 44.3 Å². The van der Waals surface area contributed by atoms with Crippen LogP contribution in [-0.4, -0.2) is 18.0 Å². The predicted octanol–water partition coefficient (Wildman–Crippen LogP) is 5.43. The second-order valence-corrected chi connectivity index (χ2v) is 9.35. The van der Waals surface area contributed by atoms with Gasteiger partial charge in [-0.25, -0.2) is 13.4 Å². The van der Waals surface area contributed by atoms with Crippen molar-refractivity contribution in [3.8, 4) is 0 Å². The fourth-order valence-corrected chi connectivity index (χ4v) is 4.84. The molecule has 0 aliphatic heterocycles. The van der Waals surface area contributed by atoms with Gasteiger partial charge in [0.2, 0.25) is 10.0 Å². The van der Waals surface area contributed by atoms with Gasteiger partial charge in [0.1, 0.15) is 11.9 Å². The predicted molar refractivity (Wildman–Crippen MR) is 120 cm³/mol. The number of rotatable bonds is 6. The maximum Gasteiger partial charge on any atom is 0.241 e. The Bertz CT molecular complexity index is 1280. The largest absolute Gasteiger partial charge is 0.327 e. The van der Waals surface area contributed by atoms with Crippen molar-refractivity contribution in [1.82, 2.24) is 14.3 Å². The number of nitrogens with one attached hydrogen (secondary N) is 1. The average Bonchev–Trinajstić information content (AvgIpc) is 3.11. The molecule has 0 saturated heterocycles. The molecule has 1 N–H and O–H groups in total. The lowest BCUT2D eigenvalue weighted by Crippen LogP contribution is -2.31. The summed E-state index contributed by atoms with van der Waals surface area (Å²) in [4.78, 5) is 4.89. The minimum Gasteiger partial charge on any atom is -0.327 e. The molecule has 1 heterocycles. The van der Waals surface area contributed by atoms with E-state index in [2.05, 4.69) is 4.72 Å². The van der Waals surface area contributed by atoms with Crippen molar-refractivity contribution in [2.24, 2.45) is 0 Å². The van der Waals surface area contributed by atoms with Crippen LogP contribution < -0.4 is 4.72 Å². The number of halogens is 2. The van der Waals surface area contributed by atoms with Crippen LogP contribution in [0.5, 0.6) is 0 Å². The van der Waals surface area contributed by atoms with Gasteiger partial charge < -0.3 is 4.57 Å². The molecule has 3 aromatic carbocycles. The smallest absolute Gasteiger partial charge is 0.241 e. The Kier molecular flexibility index (Phi) is 5.84. The molecule has 1 aromatic heterocycles. The van der Waals surface area contributed by atoms with Gasteiger partial charge in [-0.1, -0.05) is 47.5 Å². The topological polar surface area (TPSA) is 64.0 Å². The molecule has 154 valence electrons. The summed E-state index contributed by atoms with van der Waals surface area (Å²) in [7, 11) is -3.84. The number of hydrogen-bond acceptors (Lipinski definition) is 3. The maximum atomic E-state index is 13.2. The Labute approximate surface area is 185 Å². The highest BCUT2D eigenvalue weighted by Gasteiger charge is 2.27. The van der Waals surface area contributed by atoms with Crippen LogP contribution in [0.4, 0.5) is 0 Å². The molecule has 0 amide bonds. The molecule has 8 heteroatoms. The first-order valence-electron chi connectivity index (χ1n) is 9.37. The number of aromatic nitrogens is 2. The molecule has 0 aliphatic rings. The zero-order chi connectivity index (χ0) is 21.3. The molecule has 4 rings (SSSR count). The minimum atomic E-state index is -3.84. The van der Waals surface area contributed by atoms with Gasteiger partial charge in [0.25, 0.3) is 0 Å². The van der Waals surface area contributed by atoms with E-state index in [1.54, 1.807) is 36.4 Å². The van der Waals surface area contributed by atoms with Gasteiger partial charge in [-0.05, 0) is 61.0 Å². The maximum absolute atomic E-state index is 13.2. The molecular formula is C22H19Cl2N3O2S. The summed E-state index contributed by atoms with van der Waals surface area (Å²) in [6.45, 7) is 2.65. The Morgan fingerprint density at radius 1 is 0.933 bits per heavy atom. The van der Waals surface area contributed by atoms with E-state index < -0.39 is 16.1 Å². The van der Waals surface area contributed by atoms with E-state index in [1.807, 2.05) is 35.8 Å². The minimum absolute atomic E-state index is 0.130. The van der Waals surface area contributed by atoms with Crippen molar-refractivity contribution in [3.63, 3.8) is 0 Å². The number of hydrogen-bond donors (Lipinski definition) is 1. The first-order chi connectivity index (χ1) is 14.4. The van der Waals surface area contributed by atoms with E-state index in [1.165, 1.54) is 12.1 Å². The summed E-state index contributed by atoms with van der Waals surface area (Å²) >= 11 is 12.0. The molecule has 0 fully saturated rings. The van der Waals surface area contributed by atoms with Gasteiger partial charge in [-0.2, -0.15) is 4.72 Å². The van der Waals surface area contributed by atoms with Gasteiger partial charge >= 0.3 is 0 Å². The lowest BCUT2D eigenvalue weighted by atomic mass is 10.1. The third-order valence-corrected chi connectivity index (χ3v) is 6.80. The molecule has 0 bridgehead atoms. The Balaban J connectivity index is 1.86. The van der Waals surface area contributed by atoms with Crippen LogP contribution in [0.25, 0.3) is 11.0 Å². The molecule has 1 unspecified atom stereocenters. The Morgan fingerprint density at radius 3 is 2.17 bits per heavy atom. The van der Waals surface area contributed by atoms with Crippen molar-refractivity contribution in [2.75, 3.05) is 0 Å². The van der Waals surface area contributed by atoms with E-state index in [-0.39, 0.29) is 4.90 Å². The van der Waals surface area contributed by atoms with Crippen LogP contribution in [0.15, 0.2) is 77.7 Å². The van der Waals surface area contributed by atoms with Crippen molar-refractivity contribution in [2.45, 2.75) is 24.4 Å². The molecule has 0 aliphatic carbocycles. The van der Waals surface area contributed by atoms with Crippen LogP contribution in [0.2, 0.25) is 10.0 Å². The average molecular weight is 460 g/mol. The van der Waals surface area contributed by atoms with Gasteiger partial charge in [-0.15, -0.1) is 0 Å². The summed E-state index contributed by atoms with van der Waals surface area (Å²) in [6.07, 6.45) is 0. The van der Waals surface area contributed by atoms with Gasteiger partial charge in [0, 0.05) is 16.6 Å². The highest BCUT2D eigenvalue weighted by atomic mass is 35.5. The number of imidazole rings is 1. The lowest BCUT2D eigenvalue weighted by Gasteiger charge is -2.20. The van der Waals surface area contributed by atoms with Crippen LogP contribution in [0.1, 0.15) is 24.4 Å². The van der Waals surface area contributed by atoms with Crippen LogP contribution in [-0.2, 0) is 16.6 Å². The SMILES string of the molecule is CCn1c(C(NS(=O)(=O)c2ccc(Cl)cc2)c2ccc(Cl)cc2)nc2ccccc21. The van der Waals surface area contributed by atoms with Gasteiger partial charge in [0.05, 0.1) is 15.9 Å². The third kappa shape index (κ3) is 4.09. The highest BCUT2D eigenvalue weighted by Crippen LogP contribution is 2.29. The number of nitrogens with zero attached hydrogens (tertiary/aromatic N) is 2. The molecular weight excluding hydrogens is 441 g/mol. The van der Waals surface area contributed by atoms with E-state index in [0.29, 0.717) is 22.4 Å². The van der Waals surface area contributed by atoms with E-state index in [4.69, 9.17) is 28.2 Å². The van der Waals surface area contributed by atoms with Gasteiger partial charge in [0.15, 0.2) is 0 Å². The summed E-state index contributed by atoms with van der Waals surface area (Å²) in [6, 6.07) is 20.2. The zero-order valence-corrected chi connectivity index (χ0v) is 18.4. The monoisotopic (exact) mass is 459 g/mol. The number of aryl methyl sites for hydroxylation is 1. The summed E-state index contributed by atoms with van der Waals surface area (Å²) < 4.78 is 31.2. The van der Waals surface area contributed by atoms with E-state index in [9.17, 15) is 8.42 Å². The van der Waals surface area contributed by atoms with E-state index in [0.717, 1.165) is 16.6 Å². The standard InChI is InChI=1S/C22H19Cl2N3O2S/c1-2-27-20-6-4-3-5-19(20)25-22(27)21(15-7-9-16(23)10-8-15)26-30(28,29)18-13-11-17(24)12-14-18/h3-14,21,26H,2H2,1H3. The third-order valence-electron chi connectivity index (χ3n) is 4.86. The lowest BCUT2D eigenvalue weighted by molar-refractivity contribution is 0.559. The van der Waals surface area contributed by atoms with Gasteiger partial charge in [-0.3, -0.25) is 0 Å². The second-order valence-electron chi connectivity index (χ2n) is 6.76. The summed E-state index contributed by atoms with van der Waals surface area (Å²) in [5.41, 5.74) is 2.49. The molecule has 1 atom stereocenters. The molecule has 4 aromatic rings. The van der Waals surface area contributed by atoms with Crippen molar-refractivity contribution in [3.05, 3.63) is 94.2 Å². The first kappa shape index (κ1) is 20.9.